The van der Waals surface area contributed by atoms with E-state index in [0.29, 0.717) is 16.4 Å². The van der Waals surface area contributed by atoms with E-state index in [-0.39, 0.29) is 18.1 Å². The van der Waals surface area contributed by atoms with Gasteiger partial charge in [-0.15, -0.1) is 11.3 Å². The van der Waals surface area contributed by atoms with Crippen molar-refractivity contribution < 1.29 is 9.53 Å². The molecule has 1 aliphatic heterocycles. The number of rotatable bonds is 5. The first-order chi connectivity index (χ1) is 16.0. The Morgan fingerprint density at radius 1 is 1.09 bits per heavy atom. The monoisotopic (exact) mass is 459 g/mol. The van der Waals surface area contributed by atoms with Crippen LogP contribution in [0.3, 0.4) is 0 Å². The average molecular weight is 460 g/mol. The van der Waals surface area contributed by atoms with Gasteiger partial charge in [-0.2, -0.15) is 0 Å². The normalized spacial score (nSPS) is 19.0. The lowest BCUT2D eigenvalue weighted by Gasteiger charge is -2.34. The van der Waals surface area contributed by atoms with Crippen molar-refractivity contribution in [2.45, 2.75) is 32.6 Å². The van der Waals surface area contributed by atoms with E-state index in [0.717, 1.165) is 41.9 Å². The number of aromatic nitrogens is 3. The van der Waals surface area contributed by atoms with Gasteiger partial charge in [-0.05, 0) is 38.1 Å². The van der Waals surface area contributed by atoms with Crippen molar-refractivity contribution in [2.75, 3.05) is 18.4 Å². The molecule has 1 aliphatic rings. The van der Waals surface area contributed by atoms with Gasteiger partial charge in [0.15, 0.2) is 5.13 Å². The Hall–Kier alpha value is -3.20. The van der Waals surface area contributed by atoms with Crippen molar-refractivity contribution in [1.82, 2.24) is 19.9 Å². The molecule has 2 unspecified atom stereocenters. The van der Waals surface area contributed by atoms with Crippen LogP contribution in [0.1, 0.15) is 29.9 Å². The van der Waals surface area contributed by atoms with Gasteiger partial charge < -0.3 is 4.74 Å². The van der Waals surface area contributed by atoms with Crippen molar-refractivity contribution in [3.8, 4) is 11.4 Å². The summed E-state index contributed by atoms with van der Waals surface area (Å²) in [5.74, 6) is -0.208. The molecule has 5 rings (SSSR count). The summed E-state index contributed by atoms with van der Waals surface area (Å²) in [7, 11) is 0. The number of nitrogens with one attached hydrogen (secondary N) is 1. The lowest BCUT2D eigenvalue weighted by molar-refractivity contribution is -0.0707. The fourth-order valence-corrected chi connectivity index (χ4v) is 4.95. The Morgan fingerprint density at radius 3 is 2.67 bits per heavy atom. The van der Waals surface area contributed by atoms with Gasteiger partial charge in [-0.25, -0.2) is 9.97 Å². The topological polar surface area (TPSA) is 80.2 Å². The number of carbonyl (C=O) groups excluding carboxylic acids is 1. The SMILES string of the molecule is CC1CN(Cc2csc(NC(=O)c3cc(-c4ccccn4)nc4ccccc34)n2)CC(C)O1. The quantitative estimate of drug-likeness (QED) is 0.469. The zero-order valence-electron chi connectivity index (χ0n) is 18.6. The van der Waals surface area contributed by atoms with Gasteiger partial charge in [0.05, 0.1) is 40.4 Å². The van der Waals surface area contributed by atoms with E-state index in [9.17, 15) is 4.79 Å². The number of hydrogen-bond acceptors (Lipinski definition) is 7. The molecule has 1 amide bonds. The summed E-state index contributed by atoms with van der Waals surface area (Å²) >= 11 is 1.44. The highest BCUT2D eigenvalue weighted by molar-refractivity contribution is 7.14. The molecule has 0 aliphatic carbocycles. The van der Waals surface area contributed by atoms with Crippen LogP contribution in [-0.2, 0) is 11.3 Å². The first-order valence-electron chi connectivity index (χ1n) is 11.0. The molecule has 0 radical (unpaired) electrons. The Morgan fingerprint density at radius 2 is 1.88 bits per heavy atom. The van der Waals surface area contributed by atoms with Crippen molar-refractivity contribution >= 4 is 33.3 Å². The Kier molecular flexibility index (Phi) is 6.13. The lowest BCUT2D eigenvalue weighted by atomic mass is 10.1. The van der Waals surface area contributed by atoms with Crippen molar-refractivity contribution in [1.29, 1.82) is 0 Å². The summed E-state index contributed by atoms with van der Waals surface area (Å²) in [5.41, 5.74) is 3.64. The van der Waals surface area contributed by atoms with E-state index in [4.69, 9.17) is 9.72 Å². The average Bonchev–Trinajstić information content (AvgIpc) is 3.24. The minimum atomic E-state index is -0.208. The number of thiazole rings is 1. The molecular weight excluding hydrogens is 434 g/mol. The molecule has 0 saturated carbocycles. The highest BCUT2D eigenvalue weighted by atomic mass is 32.1. The van der Waals surface area contributed by atoms with Gasteiger partial charge in [0.2, 0.25) is 0 Å². The van der Waals surface area contributed by atoms with Gasteiger partial charge in [-0.1, -0.05) is 24.3 Å². The van der Waals surface area contributed by atoms with Crippen LogP contribution in [0, 0.1) is 0 Å². The summed E-state index contributed by atoms with van der Waals surface area (Å²) < 4.78 is 5.81. The van der Waals surface area contributed by atoms with Crippen LogP contribution >= 0.6 is 11.3 Å². The van der Waals surface area contributed by atoms with E-state index in [2.05, 4.69) is 34.0 Å². The Balaban J connectivity index is 1.37. The number of fused-ring (bicyclic) bond motifs is 1. The van der Waals surface area contributed by atoms with Crippen LogP contribution in [0.2, 0.25) is 0 Å². The van der Waals surface area contributed by atoms with Gasteiger partial charge in [-0.3, -0.25) is 20.0 Å². The van der Waals surface area contributed by atoms with Gasteiger partial charge in [0.25, 0.3) is 5.91 Å². The number of para-hydroxylation sites is 1. The second-order valence-electron chi connectivity index (χ2n) is 8.34. The number of hydrogen-bond donors (Lipinski definition) is 1. The van der Waals surface area contributed by atoms with Crippen molar-refractivity contribution in [3.63, 3.8) is 0 Å². The molecule has 168 valence electrons. The van der Waals surface area contributed by atoms with E-state index in [1.807, 2.05) is 47.8 Å². The molecule has 7 nitrogen and oxygen atoms in total. The second kappa shape index (κ2) is 9.35. The Labute approximate surface area is 196 Å². The molecule has 1 aromatic carbocycles. The summed E-state index contributed by atoms with van der Waals surface area (Å²) in [5, 5.41) is 6.37. The molecule has 0 spiro atoms. The molecular formula is C25H25N5O2S. The van der Waals surface area contributed by atoms with Crippen LogP contribution in [0.4, 0.5) is 5.13 Å². The van der Waals surface area contributed by atoms with Crippen molar-refractivity contribution in [3.05, 3.63) is 71.4 Å². The highest BCUT2D eigenvalue weighted by Gasteiger charge is 2.23. The van der Waals surface area contributed by atoms with Gasteiger partial charge >= 0.3 is 0 Å². The maximum absolute atomic E-state index is 13.3. The minimum Gasteiger partial charge on any atom is -0.373 e. The first-order valence-corrected chi connectivity index (χ1v) is 11.9. The second-order valence-corrected chi connectivity index (χ2v) is 9.19. The predicted molar refractivity (Wildman–Crippen MR) is 130 cm³/mol. The Bertz CT molecular complexity index is 1270. The maximum Gasteiger partial charge on any atom is 0.258 e. The molecule has 2 atom stereocenters. The zero-order valence-corrected chi connectivity index (χ0v) is 19.4. The molecule has 8 heteroatoms. The summed E-state index contributed by atoms with van der Waals surface area (Å²) in [6, 6.07) is 15.1. The fourth-order valence-electron chi connectivity index (χ4n) is 4.25. The largest absolute Gasteiger partial charge is 0.373 e. The van der Waals surface area contributed by atoms with Gasteiger partial charge in [0, 0.05) is 36.6 Å². The van der Waals surface area contributed by atoms with Crippen LogP contribution in [0.15, 0.2) is 60.1 Å². The summed E-state index contributed by atoms with van der Waals surface area (Å²) in [4.78, 5) is 29.4. The molecule has 4 aromatic rings. The van der Waals surface area contributed by atoms with Crippen LogP contribution in [-0.4, -0.2) is 51.1 Å². The number of morpholine rings is 1. The number of pyridine rings is 2. The third-order valence-electron chi connectivity index (χ3n) is 5.54. The number of ether oxygens (including phenoxy) is 1. The molecule has 1 fully saturated rings. The predicted octanol–water partition coefficient (Wildman–Crippen LogP) is 4.61. The molecule has 4 heterocycles. The molecule has 0 bridgehead atoms. The van der Waals surface area contributed by atoms with Crippen LogP contribution in [0.25, 0.3) is 22.3 Å². The standard InChI is InChI=1S/C25H25N5O2S/c1-16-12-30(13-17(2)32-16)14-18-15-33-25(27-18)29-24(31)20-11-23(22-9-5-6-10-26-22)28-21-8-4-3-7-19(20)21/h3-11,15-17H,12-14H2,1-2H3,(H,27,29,31). The maximum atomic E-state index is 13.3. The summed E-state index contributed by atoms with van der Waals surface area (Å²) in [6.45, 7) is 6.68. The number of carbonyl (C=O) groups is 1. The smallest absolute Gasteiger partial charge is 0.258 e. The minimum absolute atomic E-state index is 0.208. The van der Waals surface area contributed by atoms with Gasteiger partial charge in [0.1, 0.15) is 0 Å². The third kappa shape index (κ3) is 4.93. The van der Waals surface area contributed by atoms with E-state index >= 15 is 0 Å². The van der Waals surface area contributed by atoms with Crippen molar-refractivity contribution in [2.24, 2.45) is 0 Å². The van der Waals surface area contributed by atoms with Crippen LogP contribution in [0.5, 0.6) is 0 Å². The molecule has 3 aromatic heterocycles. The number of benzene rings is 1. The fraction of sp³-hybridized carbons (Fsp3) is 0.280. The van der Waals surface area contributed by atoms with Crippen LogP contribution < -0.4 is 5.32 Å². The number of amides is 1. The number of anilines is 1. The lowest BCUT2D eigenvalue weighted by Crippen LogP contribution is -2.44. The van der Waals surface area contributed by atoms with E-state index in [1.165, 1.54) is 11.3 Å². The number of nitrogens with zero attached hydrogens (tertiary/aromatic N) is 4. The highest BCUT2D eigenvalue weighted by Crippen LogP contribution is 2.26. The molecule has 33 heavy (non-hydrogen) atoms. The molecule has 1 N–H and O–H groups in total. The first kappa shape index (κ1) is 21.6. The molecule has 1 saturated heterocycles. The zero-order chi connectivity index (χ0) is 22.8. The third-order valence-corrected chi connectivity index (χ3v) is 6.35. The van der Waals surface area contributed by atoms with E-state index < -0.39 is 0 Å². The van der Waals surface area contributed by atoms with E-state index in [1.54, 1.807) is 12.3 Å². The summed E-state index contributed by atoms with van der Waals surface area (Å²) in [6.07, 6.45) is 2.14.